The standard InChI is InChI=1S/C26H25NO3/c1-29-20-15-13-19(14-16-20)8-6-7-17-27-26(28)30-18-25-23-11-4-2-9-21(23)22-10-3-5-12-24(22)25/h2-6,8-16,25H,7,17-18H2,1H3,(H,27,28). The summed E-state index contributed by atoms with van der Waals surface area (Å²) in [5.41, 5.74) is 5.98. The van der Waals surface area contributed by atoms with E-state index in [1.165, 1.54) is 22.3 Å². The van der Waals surface area contributed by atoms with Gasteiger partial charge in [-0.05, 0) is 46.4 Å². The molecule has 0 radical (unpaired) electrons. The summed E-state index contributed by atoms with van der Waals surface area (Å²) in [6.07, 6.45) is 4.41. The average molecular weight is 399 g/mol. The van der Waals surface area contributed by atoms with E-state index < -0.39 is 0 Å². The molecule has 4 rings (SSSR count). The first-order valence-corrected chi connectivity index (χ1v) is 10.2. The first-order chi connectivity index (χ1) is 14.8. The number of rotatable bonds is 7. The molecule has 1 aliphatic rings. The Bertz CT molecular complexity index is 995. The maximum Gasteiger partial charge on any atom is 0.407 e. The van der Waals surface area contributed by atoms with Crippen LogP contribution in [0.3, 0.4) is 0 Å². The van der Waals surface area contributed by atoms with Crippen LogP contribution in [0.15, 0.2) is 78.9 Å². The van der Waals surface area contributed by atoms with E-state index in [0.29, 0.717) is 13.2 Å². The number of amides is 1. The molecule has 30 heavy (non-hydrogen) atoms. The van der Waals surface area contributed by atoms with Gasteiger partial charge in [0.25, 0.3) is 0 Å². The zero-order chi connectivity index (χ0) is 20.8. The van der Waals surface area contributed by atoms with Crippen LogP contribution in [0.5, 0.6) is 5.75 Å². The molecular weight excluding hydrogens is 374 g/mol. The van der Waals surface area contributed by atoms with Crippen LogP contribution < -0.4 is 10.1 Å². The van der Waals surface area contributed by atoms with Crippen molar-refractivity contribution >= 4 is 12.2 Å². The minimum absolute atomic E-state index is 0.0816. The number of alkyl carbamates (subject to hydrolysis) is 1. The number of ether oxygens (including phenoxy) is 2. The maximum absolute atomic E-state index is 12.2. The third kappa shape index (κ3) is 4.38. The molecule has 4 heteroatoms. The highest BCUT2D eigenvalue weighted by molar-refractivity contribution is 5.79. The molecule has 3 aromatic carbocycles. The summed E-state index contributed by atoms with van der Waals surface area (Å²) >= 11 is 0. The molecule has 0 atom stereocenters. The van der Waals surface area contributed by atoms with Gasteiger partial charge in [-0.2, -0.15) is 0 Å². The lowest BCUT2D eigenvalue weighted by atomic mass is 9.98. The number of fused-ring (bicyclic) bond motifs is 3. The first kappa shape index (κ1) is 19.8. The zero-order valence-electron chi connectivity index (χ0n) is 17.0. The third-order valence-corrected chi connectivity index (χ3v) is 5.35. The van der Waals surface area contributed by atoms with Crippen molar-refractivity contribution in [3.63, 3.8) is 0 Å². The van der Waals surface area contributed by atoms with E-state index in [9.17, 15) is 4.79 Å². The fourth-order valence-electron chi connectivity index (χ4n) is 3.84. The van der Waals surface area contributed by atoms with Gasteiger partial charge >= 0.3 is 6.09 Å². The van der Waals surface area contributed by atoms with Crippen LogP contribution in [-0.2, 0) is 4.74 Å². The van der Waals surface area contributed by atoms with Crippen molar-refractivity contribution in [1.29, 1.82) is 0 Å². The maximum atomic E-state index is 12.2. The van der Waals surface area contributed by atoms with Crippen LogP contribution in [0, 0.1) is 0 Å². The Kier molecular flexibility index (Phi) is 6.14. The van der Waals surface area contributed by atoms with Crippen molar-refractivity contribution in [3.8, 4) is 16.9 Å². The van der Waals surface area contributed by atoms with Crippen molar-refractivity contribution in [2.45, 2.75) is 12.3 Å². The van der Waals surface area contributed by atoms with Crippen molar-refractivity contribution in [1.82, 2.24) is 5.32 Å². The predicted octanol–water partition coefficient (Wildman–Crippen LogP) is 5.64. The highest BCUT2D eigenvalue weighted by Gasteiger charge is 2.28. The summed E-state index contributed by atoms with van der Waals surface area (Å²) in [5.74, 6) is 0.919. The number of hydrogen-bond acceptors (Lipinski definition) is 3. The average Bonchev–Trinajstić information content (AvgIpc) is 3.12. The molecule has 0 saturated carbocycles. The second-order valence-electron chi connectivity index (χ2n) is 7.22. The molecular formula is C26H25NO3. The minimum Gasteiger partial charge on any atom is -0.497 e. The van der Waals surface area contributed by atoms with Crippen LogP contribution in [-0.4, -0.2) is 26.4 Å². The Morgan fingerprint density at radius 3 is 2.20 bits per heavy atom. The van der Waals surface area contributed by atoms with Gasteiger partial charge in [-0.1, -0.05) is 72.8 Å². The third-order valence-electron chi connectivity index (χ3n) is 5.35. The van der Waals surface area contributed by atoms with E-state index in [4.69, 9.17) is 9.47 Å². The molecule has 1 amide bonds. The number of nitrogens with one attached hydrogen (secondary N) is 1. The van der Waals surface area contributed by atoms with Gasteiger partial charge in [0.05, 0.1) is 7.11 Å². The summed E-state index contributed by atoms with van der Waals surface area (Å²) in [5, 5.41) is 2.83. The van der Waals surface area contributed by atoms with Gasteiger partial charge in [-0.3, -0.25) is 0 Å². The lowest BCUT2D eigenvalue weighted by molar-refractivity contribution is 0.143. The number of carbonyl (C=O) groups excluding carboxylic acids is 1. The highest BCUT2D eigenvalue weighted by Crippen LogP contribution is 2.44. The Labute approximate surface area is 177 Å². The smallest absolute Gasteiger partial charge is 0.407 e. The molecule has 1 N–H and O–H groups in total. The summed E-state index contributed by atoms with van der Waals surface area (Å²) in [7, 11) is 1.65. The predicted molar refractivity (Wildman–Crippen MR) is 120 cm³/mol. The highest BCUT2D eigenvalue weighted by atomic mass is 16.5. The number of hydrogen-bond donors (Lipinski definition) is 1. The van der Waals surface area contributed by atoms with Gasteiger partial charge in [0.1, 0.15) is 12.4 Å². The fraction of sp³-hybridized carbons (Fsp3) is 0.192. The molecule has 0 aromatic heterocycles. The monoisotopic (exact) mass is 399 g/mol. The summed E-state index contributed by atoms with van der Waals surface area (Å²) in [6, 6.07) is 24.5. The summed E-state index contributed by atoms with van der Waals surface area (Å²) in [6.45, 7) is 0.866. The van der Waals surface area contributed by atoms with E-state index in [1.807, 2.05) is 60.7 Å². The number of methoxy groups -OCH3 is 1. The Balaban J connectivity index is 1.26. The Morgan fingerprint density at radius 1 is 0.933 bits per heavy atom. The Hall–Kier alpha value is -3.53. The van der Waals surface area contributed by atoms with Crippen molar-refractivity contribution in [3.05, 3.63) is 95.6 Å². The molecule has 0 saturated heterocycles. The van der Waals surface area contributed by atoms with Gasteiger partial charge in [-0.25, -0.2) is 4.79 Å². The normalized spacial score (nSPS) is 12.4. The summed E-state index contributed by atoms with van der Waals surface area (Å²) < 4.78 is 10.7. The topological polar surface area (TPSA) is 47.6 Å². The van der Waals surface area contributed by atoms with Gasteiger partial charge in [0.15, 0.2) is 0 Å². The molecule has 0 bridgehead atoms. The quantitative estimate of drug-likeness (QED) is 0.523. The SMILES string of the molecule is COc1ccc(C=CCCNC(=O)OCC2c3ccccc3-c3ccccc32)cc1. The van der Waals surface area contributed by atoms with Crippen LogP contribution in [0.25, 0.3) is 17.2 Å². The van der Waals surface area contributed by atoms with Gasteiger partial charge in [0.2, 0.25) is 0 Å². The van der Waals surface area contributed by atoms with E-state index in [2.05, 4.69) is 29.6 Å². The first-order valence-electron chi connectivity index (χ1n) is 10.2. The fourth-order valence-corrected chi connectivity index (χ4v) is 3.84. The largest absolute Gasteiger partial charge is 0.497 e. The lowest BCUT2D eigenvalue weighted by Gasteiger charge is -2.14. The number of benzene rings is 3. The number of carbonyl (C=O) groups is 1. The lowest BCUT2D eigenvalue weighted by Crippen LogP contribution is -2.26. The van der Waals surface area contributed by atoms with Crippen molar-refractivity contribution in [2.75, 3.05) is 20.3 Å². The van der Waals surface area contributed by atoms with Gasteiger partial charge < -0.3 is 14.8 Å². The van der Waals surface area contributed by atoms with Gasteiger partial charge in [0, 0.05) is 12.5 Å². The van der Waals surface area contributed by atoms with E-state index in [-0.39, 0.29) is 12.0 Å². The van der Waals surface area contributed by atoms with Crippen molar-refractivity contribution < 1.29 is 14.3 Å². The van der Waals surface area contributed by atoms with E-state index in [1.54, 1.807) is 7.11 Å². The molecule has 0 spiro atoms. The van der Waals surface area contributed by atoms with Crippen LogP contribution in [0.4, 0.5) is 4.79 Å². The molecule has 1 aliphatic carbocycles. The van der Waals surface area contributed by atoms with Crippen LogP contribution >= 0.6 is 0 Å². The van der Waals surface area contributed by atoms with Gasteiger partial charge in [-0.15, -0.1) is 0 Å². The van der Waals surface area contributed by atoms with Crippen LogP contribution in [0.2, 0.25) is 0 Å². The van der Waals surface area contributed by atoms with E-state index >= 15 is 0 Å². The zero-order valence-corrected chi connectivity index (χ0v) is 17.0. The molecule has 0 aliphatic heterocycles. The molecule has 0 fully saturated rings. The minimum atomic E-state index is -0.380. The van der Waals surface area contributed by atoms with Crippen LogP contribution in [0.1, 0.15) is 29.0 Å². The second-order valence-corrected chi connectivity index (χ2v) is 7.22. The molecule has 0 unspecified atom stereocenters. The summed E-state index contributed by atoms with van der Waals surface area (Å²) in [4.78, 5) is 12.2. The molecule has 3 aromatic rings. The van der Waals surface area contributed by atoms with E-state index in [0.717, 1.165) is 17.7 Å². The molecule has 4 nitrogen and oxygen atoms in total. The van der Waals surface area contributed by atoms with Crippen molar-refractivity contribution in [2.24, 2.45) is 0 Å². The molecule has 0 heterocycles. The Morgan fingerprint density at radius 2 is 1.57 bits per heavy atom. The second kappa shape index (κ2) is 9.31. The molecule has 152 valence electrons.